The molecular weight excluding hydrogens is 392 g/mol. The Morgan fingerprint density at radius 1 is 0.844 bits per heavy atom. The van der Waals surface area contributed by atoms with Crippen molar-refractivity contribution in [3.63, 3.8) is 0 Å². The molecule has 15 atom stereocenters. The van der Waals surface area contributed by atoms with E-state index in [-0.39, 0.29) is 11.4 Å². The van der Waals surface area contributed by atoms with Crippen molar-refractivity contribution in [1.29, 1.82) is 0 Å². The largest absolute Gasteiger partial charge is 0.462 e. The van der Waals surface area contributed by atoms with Crippen LogP contribution in [0.3, 0.4) is 0 Å². The number of carbonyl (C=O) groups is 1. The van der Waals surface area contributed by atoms with Crippen LogP contribution in [0.5, 0.6) is 0 Å². The molecule has 0 aromatic carbocycles. The highest BCUT2D eigenvalue weighted by atomic mass is 16.5. The standard InChI is InChI=1S/C30H42O2/c1-4-7-30(13-32-29(31)14(2)3)12-17-9-22(30)28-21-11-20(25(17)28)26-18-10-19(27(21)26)24-16-6-5-15(8-16)23(18)24/h15-28H,2,4-13H2,1,3H3. The molecular formula is C30H42O2. The van der Waals surface area contributed by atoms with E-state index in [2.05, 4.69) is 13.5 Å². The fraction of sp³-hybridized carbons (Fsp3) is 0.900. The molecule has 0 saturated heterocycles. The van der Waals surface area contributed by atoms with E-state index in [9.17, 15) is 4.79 Å². The number of hydrogen-bond acceptors (Lipinski definition) is 2. The van der Waals surface area contributed by atoms with Crippen LogP contribution in [0.2, 0.25) is 0 Å². The molecule has 2 heteroatoms. The molecule has 0 aromatic heterocycles. The Hall–Kier alpha value is -0.790. The second kappa shape index (κ2) is 6.25. The average molecular weight is 435 g/mol. The van der Waals surface area contributed by atoms with Crippen LogP contribution in [0.1, 0.15) is 71.6 Å². The van der Waals surface area contributed by atoms with E-state index in [1.807, 2.05) is 0 Å². The SMILES string of the molecule is C=C(C)C(=O)OCC1(CCC)CC2CC1C1C3CC(C21)C1C2CC(C4C5CCC(C5)C24)C31. The molecule has 32 heavy (non-hydrogen) atoms. The zero-order valence-corrected chi connectivity index (χ0v) is 20.2. The van der Waals surface area contributed by atoms with Crippen LogP contribution in [-0.2, 0) is 9.53 Å². The lowest BCUT2D eigenvalue weighted by Gasteiger charge is -2.53. The predicted molar refractivity (Wildman–Crippen MR) is 124 cm³/mol. The highest BCUT2D eigenvalue weighted by molar-refractivity contribution is 5.86. The van der Waals surface area contributed by atoms with Crippen molar-refractivity contribution < 1.29 is 9.53 Å². The molecule has 0 heterocycles. The van der Waals surface area contributed by atoms with Gasteiger partial charge in [-0.2, -0.15) is 0 Å². The van der Waals surface area contributed by atoms with Gasteiger partial charge < -0.3 is 4.74 Å². The first-order valence-electron chi connectivity index (χ1n) is 14.3. The van der Waals surface area contributed by atoms with Gasteiger partial charge in [0.25, 0.3) is 0 Å². The van der Waals surface area contributed by atoms with Gasteiger partial charge in [-0.15, -0.1) is 0 Å². The van der Waals surface area contributed by atoms with E-state index in [1.54, 1.807) is 39.0 Å². The lowest BCUT2D eigenvalue weighted by atomic mass is 9.52. The van der Waals surface area contributed by atoms with E-state index in [1.165, 1.54) is 25.7 Å². The van der Waals surface area contributed by atoms with Gasteiger partial charge >= 0.3 is 5.97 Å². The maximum Gasteiger partial charge on any atom is 0.333 e. The van der Waals surface area contributed by atoms with Crippen LogP contribution in [-0.4, -0.2) is 12.6 Å². The molecule has 0 amide bonds. The molecule has 0 radical (unpaired) electrons. The van der Waals surface area contributed by atoms with Gasteiger partial charge in [0, 0.05) is 11.0 Å². The van der Waals surface area contributed by atoms with E-state index in [4.69, 9.17) is 4.74 Å². The summed E-state index contributed by atoms with van der Waals surface area (Å²) in [7, 11) is 0. The monoisotopic (exact) mass is 434 g/mol. The summed E-state index contributed by atoms with van der Waals surface area (Å²) < 4.78 is 5.91. The molecule has 0 N–H and O–H groups in total. The summed E-state index contributed by atoms with van der Waals surface area (Å²) >= 11 is 0. The summed E-state index contributed by atoms with van der Waals surface area (Å²) in [5.74, 6) is 14.8. The van der Waals surface area contributed by atoms with E-state index in [0.29, 0.717) is 12.2 Å². The van der Waals surface area contributed by atoms with Gasteiger partial charge in [0.2, 0.25) is 0 Å². The lowest BCUT2D eigenvalue weighted by molar-refractivity contribution is -0.147. The van der Waals surface area contributed by atoms with Crippen molar-refractivity contribution in [2.45, 2.75) is 71.6 Å². The molecule has 0 spiro atoms. The molecule has 2 nitrogen and oxygen atoms in total. The maximum atomic E-state index is 12.3. The van der Waals surface area contributed by atoms with Crippen LogP contribution in [0.15, 0.2) is 12.2 Å². The zero-order valence-electron chi connectivity index (χ0n) is 20.2. The second-order valence-electron chi connectivity index (χ2n) is 14.2. The maximum absolute atomic E-state index is 12.3. The van der Waals surface area contributed by atoms with Gasteiger partial charge in [0.1, 0.15) is 0 Å². The number of fused-ring (bicyclic) bond motifs is 23. The summed E-state index contributed by atoms with van der Waals surface area (Å²) in [5.41, 5.74) is 0.834. The first kappa shape index (κ1) is 19.5. The number of carbonyl (C=O) groups excluding carboxylic acids is 1. The minimum atomic E-state index is -0.164. The lowest BCUT2D eigenvalue weighted by Crippen LogP contribution is -2.50. The molecule has 8 saturated carbocycles. The van der Waals surface area contributed by atoms with Crippen LogP contribution >= 0.6 is 0 Å². The summed E-state index contributed by atoms with van der Waals surface area (Å²) in [4.78, 5) is 12.3. The molecule has 8 aliphatic rings. The van der Waals surface area contributed by atoms with E-state index < -0.39 is 0 Å². The highest BCUT2D eigenvalue weighted by Crippen LogP contribution is 2.82. The number of rotatable bonds is 5. The molecule has 0 aromatic rings. The number of esters is 1. The summed E-state index contributed by atoms with van der Waals surface area (Å²) in [6, 6.07) is 0. The van der Waals surface area contributed by atoms with Crippen molar-refractivity contribution in [2.24, 2.45) is 88.3 Å². The van der Waals surface area contributed by atoms with Crippen molar-refractivity contribution in [3.8, 4) is 0 Å². The van der Waals surface area contributed by atoms with Gasteiger partial charge in [-0.25, -0.2) is 4.79 Å². The Labute approximate surface area is 194 Å². The van der Waals surface area contributed by atoms with Gasteiger partial charge in [-0.05, 0) is 141 Å². The van der Waals surface area contributed by atoms with Gasteiger partial charge in [0.15, 0.2) is 0 Å². The van der Waals surface area contributed by atoms with Gasteiger partial charge in [0.05, 0.1) is 6.61 Å². The van der Waals surface area contributed by atoms with Gasteiger partial charge in [-0.1, -0.05) is 19.9 Å². The third kappa shape index (κ3) is 2.10. The van der Waals surface area contributed by atoms with Crippen LogP contribution in [0.4, 0.5) is 0 Å². The molecule has 15 unspecified atom stereocenters. The predicted octanol–water partition coefficient (Wildman–Crippen LogP) is 6.36. The first-order chi connectivity index (χ1) is 15.5. The minimum absolute atomic E-state index is 0.164. The molecule has 8 bridgehead atoms. The van der Waals surface area contributed by atoms with Gasteiger partial charge in [-0.3, -0.25) is 0 Å². The number of ether oxygens (including phenoxy) is 1. The molecule has 8 fully saturated rings. The third-order valence-electron chi connectivity index (χ3n) is 13.6. The first-order valence-corrected chi connectivity index (χ1v) is 14.3. The normalized spacial score (nSPS) is 61.3. The molecule has 8 rings (SSSR count). The number of hydrogen-bond donors (Lipinski definition) is 0. The highest BCUT2D eigenvalue weighted by Gasteiger charge is 2.77. The smallest absolute Gasteiger partial charge is 0.333 e. The Morgan fingerprint density at radius 2 is 1.44 bits per heavy atom. The van der Waals surface area contributed by atoms with Crippen LogP contribution < -0.4 is 0 Å². The van der Waals surface area contributed by atoms with Crippen LogP contribution in [0.25, 0.3) is 0 Å². The fourth-order valence-electron chi connectivity index (χ4n) is 13.7. The summed E-state index contributed by atoms with van der Waals surface area (Å²) in [6.07, 6.45) is 13.3. The Morgan fingerprint density at radius 3 is 2.03 bits per heavy atom. The van der Waals surface area contributed by atoms with Crippen molar-refractivity contribution in [3.05, 3.63) is 12.2 Å². The summed E-state index contributed by atoms with van der Waals surface area (Å²) in [5, 5.41) is 0. The Kier molecular flexibility index (Phi) is 3.81. The van der Waals surface area contributed by atoms with E-state index in [0.717, 1.165) is 82.9 Å². The topological polar surface area (TPSA) is 26.3 Å². The van der Waals surface area contributed by atoms with Crippen molar-refractivity contribution in [2.75, 3.05) is 6.61 Å². The Balaban J connectivity index is 1.09. The van der Waals surface area contributed by atoms with Crippen LogP contribution in [0, 0.1) is 88.3 Å². The molecule has 0 aliphatic heterocycles. The third-order valence-corrected chi connectivity index (χ3v) is 13.6. The second-order valence-corrected chi connectivity index (χ2v) is 14.2. The quantitative estimate of drug-likeness (QED) is 0.286. The minimum Gasteiger partial charge on any atom is -0.462 e. The van der Waals surface area contributed by atoms with Crippen molar-refractivity contribution >= 4 is 5.97 Å². The Bertz CT molecular complexity index is 876. The van der Waals surface area contributed by atoms with E-state index >= 15 is 0 Å². The molecule has 174 valence electrons. The molecule has 8 aliphatic carbocycles. The fourth-order valence-corrected chi connectivity index (χ4v) is 13.7. The zero-order chi connectivity index (χ0) is 21.5. The average Bonchev–Trinajstić information content (AvgIpc) is 3.60. The van der Waals surface area contributed by atoms with Crippen molar-refractivity contribution in [1.82, 2.24) is 0 Å². The summed E-state index contributed by atoms with van der Waals surface area (Å²) in [6.45, 7) is 8.63.